The van der Waals surface area contributed by atoms with Crippen molar-refractivity contribution in [1.29, 1.82) is 0 Å². The summed E-state index contributed by atoms with van der Waals surface area (Å²) in [7, 11) is 0. The predicted molar refractivity (Wildman–Crippen MR) is 97.7 cm³/mol. The number of benzene rings is 1. The summed E-state index contributed by atoms with van der Waals surface area (Å²) in [6.45, 7) is 3.61. The van der Waals surface area contributed by atoms with E-state index in [1.165, 1.54) is 12.8 Å². The Bertz CT molecular complexity index is 816. The van der Waals surface area contributed by atoms with Crippen molar-refractivity contribution in [3.05, 3.63) is 34.7 Å². The number of nitrogens with zero attached hydrogens (tertiary/aromatic N) is 2. The van der Waals surface area contributed by atoms with Crippen molar-refractivity contribution in [2.24, 2.45) is 5.92 Å². The molecule has 2 atom stereocenters. The zero-order valence-electron chi connectivity index (χ0n) is 14.7. The van der Waals surface area contributed by atoms with Gasteiger partial charge in [-0.2, -0.15) is 0 Å². The summed E-state index contributed by atoms with van der Waals surface area (Å²) in [5.41, 5.74) is 1.78. The number of aromatic nitrogens is 2. The first-order valence-corrected chi connectivity index (χ1v) is 9.38. The molecule has 2 heterocycles. The number of aromatic amines is 1. The summed E-state index contributed by atoms with van der Waals surface area (Å²) < 4.78 is 1.86. The zero-order valence-corrected chi connectivity index (χ0v) is 14.7. The second kappa shape index (κ2) is 6.58. The van der Waals surface area contributed by atoms with Crippen molar-refractivity contribution in [2.45, 2.75) is 51.1 Å². The molecule has 2 N–H and O–H groups in total. The van der Waals surface area contributed by atoms with E-state index >= 15 is 0 Å². The minimum atomic E-state index is -0.0520. The Morgan fingerprint density at radius 3 is 2.64 bits per heavy atom. The average molecular weight is 342 g/mol. The van der Waals surface area contributed by atoms with Crippen LogP contribution in [-0.2, 0) is 0 Å². The van der Waals surface area contributed by atoms with Gasteiger partial charge in [-0.1, -0.05) is 25.5 Å². The first-order chi connectivity index (χ1) is 12.1. The molecule has 1 saturated heterocycles. The van der Waals surface area contributed by atoms with E-state index < -0.39 is 0 Å². The van der Waals surface area contributed by atoms with E-state index in [2.05, 4.69) is 17.2 Å². The maximum absolute atomic E-state index is 12.5. The molecular weight excluding hydrogens is 316 g/mol. The Kier molecular flexibility index (Phi) is 4.27. The maximum Gasteiger partial charge on any atom is 0.326 e. The Balaban J connectivity index is 1.42. The molecule has 0 bridgehead atoms. The summed E-state index contributed by atoms with van der Waals surface area (Å²) in [5, 5.41) is 3.20. The monoisotopic (exact) mass is 342 g/mol. The third-order valence-corrected chi connectivity index (χ3v) is 5.91. The average Bonchev–Trinajstić information content (AvgIpc) is 3.17. The molecule has 2 aliphatic rings. The Morgan fingerprint density at radius 2 is 1.92 bits per heavy atom. The highest BCUT2D eigenvalue weighted by Gasteiger charge is 2.29. The molecule has 4 rings (SSSR count). The van der Waals surface area contributed by atoms with E-state index in [0.717, 1.165) is 30.3 Å². The van der Waals surface area contributed by atoms with Gasteiger partial charge in [-0.15, -0.1) is 0 Å². The third kappa shape index (κ3) is 3.05. The normalized spacial score (nSPS) is 24.8. The quantitative estimate of drug-likeness (QED) is 0.881. The molecule has 2 aromatic rings. The number of likely N-dealkylation sites (tertiary alicyclic amines) is 1. The van der Waals surface area contributed by atoms with Gasteiger partial charge in [0.15, 0.2) is 0 Å². The lowest BCUT2D eigenvalue weighted by Gasteiger charge is -2.33. The fourth-order valence-electron chi connectivity index (χ4n) is 4.37. The van der Waals surface area contributed by atoms with E-state index in [4.69, 9.17) is 0 Å². The van der Waals surface area contributed by atoms with Crippen molar-refractivity contribution in [2.75, 3.05) is 13.1 Å². The minimum Gasteiger partial charge on any atom is -0.335 e. The van der Waals surface area contributed by atoms with Gasteiger partial charge in [0, 0.05) is 25.2 Å². The van der Waals surface area contributed by atoms with E-state index in [-0.39, 0.29) is 17.8 Å². The van der Waals surface area contributed by atoms with Crippen LogP contribution in [0.1, 0.15) is 45.1 Å². The summed E-state index contributed by atoms with van der Waals surface area (Å²) >= 11 is 0. The number of hydrogen-bond acceptors (Lipinski definition) is 2. The number of H-pyrrole nitrogens is 1. The Morgan fingerprint density at radius 1 is 1.16 bits per heavy atom. The lowest BCUT2D eigenvalue weighted by molar-refractivity contribution is 0.166. The molecule has 2 amide bonds. The van der Waals surface area contributed by atoms with Gasteiger partial charge in [0.1, 0.15) is 0 Å². The van der Waals surface area contributed by atoms with Gasteiger partial charge in [-0.25, -0.2) is 9.59 Å². The highest BCUT2D eigenvalue weighted by Crippen LogP contribution is 2.27. The van der Waals surface area contributed by atoms with Crippen LogP contribution in [0.5, 0.6) is 0 Å². The number of rotatable bonds is 2. The molecule has 1 saturated carbocycles. The minimum absolute atomic E-state index is 0.0520. The number of imidazole rings is 1. The number of amides is 2. The SMILES string of the molecule is CC1CCCC1NC(=O)N1CCC(n2c(=O)[nH]c3ccccc32)CC1. The number of nitrogens with one attached hydrogen (secondary N) is 2. The molecule has 1 aliphatic carbocycles. The number of carbonyl (C=O) groups is 1. The third-order valence-electron chi connectivity index (χ3n) is 5.91. The maximum atomic E-state index is 12.5. The molecule has 2 fully saturated rings. The van der Waals surface area contributed by atoms with Crippen molar-refractivity contribution in [3.63, 3.8) is 0 Å². The highest BCUT2D eigenvalue weighted by molar-refractivity contribution is 5.76. The first-order valence-electron chi connectivity index (χ1n) is 9.38. The Hall–Kier alpha value is -2.24. The van der Waals surface area contributed by atoms with E-state index in [0.29, 0.717) is 25.0 Å². The van der Waals surface area contributed by atoms with Crippen LogP contribution in [0.2, 0.25) is 0 Å². The van der Waals surface area contributed by atoms with Crippen LogP contribution in [0, 0.1) is 5.92 Å². The molecule has 2 unspecified atom stereocenters. The lowest BCUT2D eigenvalue weighted by Crippen LogP contribution is -2.49. The van der Waals surface area contributed by atoms with Crippen molar-refractivity contribution >= 4 is 17.1 Å². The topological polar surface area (TPSA) is 70.1 Å². The standard InChI is InChI=1S/C19H26N4O2/c1-13-5-4-7-15(13)20-18(24)22-11-9-14(10-12-22)23-17-8-3-2-6-16(17)21-19(23)25/h2-3,6,8,13-15H,4-5,7,9-12H2,1H3,(H,20,24)(H,21,25). The zero-order chi connectivity index (χ0) is 17.4. The molecular formula is C19H26N4O2. The molecule has 0 radical (unpaired) electrons. The van der Waals surface area contributed by atoms with Crippen LogP contribution >= 0.6 is 0 Å². The van der Waals surface area contributed by atoms with Crippen molar-refractivity contribution in [1.82, 2.24) is 19.8 Å². The van der Waals surface area contributed by atoms with Crippen LogP contribution in [0.4, 0.5) is 4.79 Å². The molecule has 1 aliphatic heterocycles. The molecule has 25 heavy (non-hydrogen) atoms. The fourth-order valence-corrected chi connectivity index (χ4v) is 4.37. The van der Waals surface area contributed by atoms with E-state index in [9.17, 15) is 9.59 Å². The van der Waals surface area contributed by atoms with Gasteiger partial charge >= 0.3 is 11.7 Å². The van der Waals surface area contributed by atoms with E-state index in [1.807, 2.05) is 33.7 Å². The molecule has 1 aromatic heterocycles. The van der Waals surface area contributed by atoms with Crippen LogP contribution in [0.25, 0.3) is 11.0 Å². The number of carbonyl (C=O) groups excluding carboxylic acids is 1. The van der Waals surface area contributed by atoms with Crippen LogP contribution in [-0.4, -0.2) is 39.6 Å². The molecule has 0 spiro atoms. The summed E-state index contributed by atoms with van der Waals surface area (Å²) in [5.74, 6) is 0.575. The van der Waals surface area contributed by atoms with Gasteiger partial charge in [-0.05, 0) is 43.7 Å². The molecule has 6 nitrogen and oxygen atoms in total. The molecule has 134 valence electrons. The summed E-state index contributed by atoms with van der Waals surface area (Å²) in [6, 6.07) is 8.33. The smallest absolute Gasteiger partial charge is 0.326 e. The molecule has 1 aromatic carbocycles. The fraction of sp³-hybridized carbons (Fsp3) is 0.579. The van der Waals surface area contributed by atoms with Crippen molar-refractivity contribution < 1.29 is 4.79 Å². The predicted octanol–water partition coefficient (Wildman–Crippen LogP) is 2.86. The second-order valence-electron chi connectivity index (χ2n) is 7.50. The summed E-state index contributed by atoms with van der Waals surface area (Å²) in [4.78, 5) is 29.7. The lowest BCUT2D eigenvalue weighted by atomic mass is 10.0. The van der Waals surface area contributed by atoms with Gasteiger partial charge in [0.25, 0.3) is 0 Å². The van der Waals surface area contributed by atoms with Crippen LogP contribution in [0.3, 0.4) is 0 Å². The molecule has 6 heteroatoms. The number of para-hydroxylation sites is 2. The largest absolute Gasteiger partial charge is 0.335 e. The second-order valence-corrected chi connectivity index (χ2v) is 7.50. The van der Waals surface area contributed by atoms with Gasteiger partial charge in [0.05, 0.1) is 11.0 Å². The number of fused-ring (bicyclic) bond motifs is 1. The van der Waals surface area contributed by atoms with Crippen LogP contribution < -0.4 is 11.0 Å². The Labute approximate surface area is 147 Å². The van der Waals surface area contributed by atoms with Crippen LogP contribution in [0.15, 0.2) is 29.1 Å². The number of piperidine rings is 1. The number of urea groups is 1. The van der Waals surface area contributed by atoms with Gasteiger partial charge in [-0.3, -0.25) is 4.57 Å². The first kappa shape index (κ1) is 16.2. The summed E-state index contributed by atoms with van der Waals surface area (Å²) in [6.07, 6.45) is 5.13. The van der Waals surface area contributed by atoms with Crippen molar-refractivity contribution in [3.8, 4) is 0 Å². The van der Waals surface area contributed by atoms with Gasteiger partial charge < -0.3 is 15.2 Å². The van der Waals surface area contributed by atoms with Gasteiger partial charge in [0.2, 0.25) is 0 Å². The number of hydrogen-bond donors (Lipinski definition) is 2. The van der Waals surface area contributed by atoms with E-state index in [1.54, 1.807) is 0 Å². The highest BCUT2D eigenvalue weighted by atomic mass is 16.2.